The number of rotatable bonds is 4. The van der Waals surface area contributed by atoms with Crippen LogP contribution in [-0.2, 0) is 11.3 Å². The highest BCUT2D eigenvalue weighted by molar-refractivity contribution is 9.10. The molecule has 0 bridgehead atoms. The van der Waals surface area contributed by atoms with Gasteiger partial charge in [-0.3, -0.25) is 4.90 Å². The van der Waals surface area contributed by atoms with Gasteiger partial charge in [-0.15, -0.1) is 0 Å². The van der Waals surface area contributed by atoms with Crippen LogP contribution >= 0.6 is 15.9 Å². The highest BCUT2D eigenvalue weighted by Crippen LogP contribution is 2.21. The second-order valence-electron chi connectivity index (χ2n) is 4.68. The molecule has 1 aliphatic rings. The molecule has 0 spiro atoms. The van der Waals surface area contributed by atoms with Gasteiger partial charge in [0.2, 0.25) is 0 Å². The maximum atomic E-state index is 5.80. The largest absolute Gasteiger partial charge is 0.399 e. The van der Waals surface area contributed by atoms with E-state index < -0.39 is 0 Å². The molecular formula is C13H19BrN2O. The van der Waals surface area contributed by atoms with Gasteiger partial charge in [0.15, 0.2) is 0 Å². The van der Waals surface area contributed by atoms with Crippen LogP contribution in [0.15, 0.2) is 22.7 Å². The molecule has 0 aromatic heterocycles. The molecule has 0 radical (unpaired) electrons. The molecular weight excluding hydrogens is 280 g/mol. The Labute approximate surface area is 111 Å². The third kappa shape index (κ3) is 3.69. The molecule has 0 amide bonds. The zero-order chi connectivity index (χ0) is 12.3. The fourth-order valence-corrected chi connectivity index (χ4v) is 2.58. The molecule has 1 aliphatic heterocycles. The molecule has 1 aromatic carbocycles. The van der Waals surface area contributed by atoms with E-state index in [1.54, 1.807) is 0 Å². The predicted octanol–water partition coefficient (Wildman–Crippen LogP) is 2.64. The highest BCUT2D eigenvalue weighted by Gasteiger charge is 2.17. The van der Waals surface area contributed by atoms with Crippen LogP contribution < -0.4 is 5.73 Å². The Morgan fingerprint density at radius 1 is 1.53 bits per heavy atom. The SMILES string of the molecule is CN(Cc1cc(N)ccc1Br)CC1CCCO1. The minimum Gasteiger partial charge on any atom is -0.399 e. The Balaban J connectivity index is 1.92. The van der Waals surface area contributed by atoms with Gasteiger partial charge in [-0.1, -0.05) is 15.9 Å². The fourth-order valence-electron chi connectivity index (χ4n) is 2.21. The van der Waals surface area contributed by atoms with Crippen LogP contribution in [0, 0.1) is 0 Å². The molecule has 3 nitrogen and oxygen atoms in total. The Kier molecular flexibility index (Phi) is 4.42. The fraction of sp³-hybridized carbons (Fsp3) is 0.538. The van der Waals surface area contributed by atoms with Gasteiger partial charge < -0.3 is 10.5 Å². The van der Waals surface area contributed by atoms with Crippen LogP contribution in [0.3, 0.4) is 0 Å². The molecule has 1 heterocycles. The lowest BCUT2D eigenvalue weighted by Gasteiger charge is -2.21. The maximum Gasteiger partial charge on any atom is 0.0702 e. The Morgan fingerprint density at radius 2 is 2.35 bits per heavy atom. The first-order valence-electron chi connectivity index (χ1n) is 5.99. The molecule has 2 rings (SSSR count). The van der Waals surface area contributed by atoms with E-state index in [4.69, 9.17) is 10.5 Å². The molecule has 94 valence electrons. The van der Waals surface area contributed by atoms with Crippen molar-refractivity contribution in [3.63, 3.8) is 0 Å². The van der Waals surface area contributed by atoms with Gasteiger partial charge in [0.25, 0.3) is 0 Å². The molecule has 0 aliphatic carbocycles. The summed E-state index contributed by atoms with van der Waals surface area (Å²) in [5.41, 5.74) is 7.84. The third-order valence-corrected chi connectivity index (χ3v) is 3.82. The summed E-state index contributed by atoms with van der Waals surface area (Å²) in [5.74, 6) is 0. The van der Waals surface area contributed by atoms with Gasteiger partial charge in [-0.05, 0) is 43.7 Å². The zero-order valence-electron chi connectivity index (χ0n) is 10.2. The number of nitrogen functional groups attached to an aromatic ring is 1. The topological polar surface area (TPSA) is 38.5 Å². The highest BCUT2D eigenvalue weighted by atomic mass is 79.9. The number of benzene rings is 1. The molecule has 2 N–H and O–H groups in total. The smallest absolute Gasteiger partial charge is 0.0702 e. The molecule has 0 saturated carbocycles. The van der Waals surface area contributed by atoms with E-state index in [1.807, 2.05) is 18.2 Å². The number of hydrogen-bond donors (Lipinski definition) is 1. The summed E-state index contributed by atoms with van der Waals surface area (Å²) >= 11 is 3.56. The van der Waals surface area contributed by atoms with Crippen LogP contribution in [0.25, 0.3) is 0 Å². The van der Waals surface area contributed by atoms with Gasteiger partial charge in [0, 0.05) is 29.9 Å². The summed E-state index contributed by atoms with van der Waals surface area (Å²) in [7, 11) is 2.12. The second kappa shape index (κ2) is 5.85. The zero-order valence-corrected chi connectivity index (χ0v) is 11.7. The monoisotopic (exact) mass is 298 g/mol. The van der Waals surface area contributed by atoms with E-state index in [9.17, 15) is 0 Å². The number of nitrogens with two attached hydrogens (primary N) is 1. The third-order valence-electron chi connectivity index (χ3n) is 3.05. The first-order valence-corrected chi connectivity index (χ1v) is 6.78. The summed E-state index contributed by atoms with van der Waals surface area (Å²) in [6.07, 6.45) is 2.78. The Morgan fingerprint density at radius 3 is 3.06 bits per heavy atom. The van der Waals surface area contributed by atoms with E-state index in [0.29, 0.717) is 6.10 Å². The number of likely N-dealkylation sites (N-methyl/N-ethyl adjacent to an activating group) is 1. The van der Waals surface area contributed by atoms with Crippen molar-refractivity contribution in [3.05, 3.63) is 28.2 Å². The lowest BCUT2D eigenvalue weighted by molar-refractivity contribution is 0.0793. The molecule has 1 saturated heterocycles. The predicted molar refractivity (Wildman–Crippen MR) is 73.9 cm³/mol. The average molecular weight is 299 g/mol. The first-order chi connectivity index (χ1) is 8.15. The maximum absolute atomic E-state index is 5.80. The van der Waals surface area contributed by atoms with Crippen molar-refractivity contribution in [3.8, 4) is 0 Å². The summed E-state index contributed by atoms with van der Waals surface area (Å²) in [6.45, 7) is 2.80. The second-order valence-corrected chi connectivity index (χ2v) is 5.54. The van der Waals surface area contributed by atoms with Crippen LogP contribution in [0.5, 0.6) is 0 Å². The van der Waals surface area contributed by atoms with Crippen LogP contribution in [0.2, 0.25) is 0 Å². The lowest BCUT2D eigenvalue weighted by Crippen LogP contribution is -2.28. The normalized spacial score (nSPS) is 20.1. The minimum absolute atomic E-state index is 0.403. The minimum atomic E-state index is 0.403. The molecule has 1 aromatic rings. The van der Waals surface area contributed by atoms with Crippen molar-refractivity contribution in [1.82, 2.24) is 4.90 Å². The summed E-state index contributed by atoms with van der Waals surface area (Å²) in [6, 6.07) is 5.94. The van der Waals surface area contributed by atoms with Crippen molar-refractivity contribution < 1.29 is 4.74 Å². The van der Waals surface area contributed by atoms with E-state index >= 15 is 0 Å². The van der Waals surface area contributed by atoms with E-state index in [1.165, 1.54) is 18.4 Å². The van der Waals surface area contributed by atoms with Crippen LogP contribution in [0.4, 0.5) is 5.69 Å². The molecule has 17 heavy (non-hydrogen) atoms. The summed E-state index contributed by atoms with van der Waals surface area (Å²) in [5, 5.41) is 0. The van der Waals surface area contributed by atoms with Gasteiger partial charge in [-0.2, -0.15) is 0 Å². The van der Waals surface area contributed by atoms with Crippen LogP contribution in [0.1, 0.15) is 18.4 Å². The molecule has 4 heteroatoms. The van der Waals surface area contributed by atoms with E-state index in [-0.39, 0.29) is 0 Å². The van der Waals surface area contributed by atoms with Crippen molar-refractivity contribution in [2.45, 2.75) is 25.5 Å². The van der Waals surface area contributed by atoms with E-state index in [2.05, 4.69) is 27.9 Å². The van der Waals surface area contributed by atoms with Crippen molar-refractivity contribution >= 4 is 21.6 Å². The molecule has 1 fully saturated rings. The summed E-state index contributed by atoms with van der Waals surface area (Å²) < 4.78 is 6.75. The van der Waals surface area contributed by atoms with Crippen molar-refractivity contribution in [2.75, 3.05) is 25.9 Å². The quantitative estimate of drug-likeness (QED) is 0.869. The van der Waals surface area contributed by atoms with Crippen LogP contribution in [-0.4, -0.2) is 31.2 Å². The molecule has 1 unspecified atom stereocenters. The van der Waals surface area contributed by atoms with Crippen molar-refractivity contribution in [1.29, 1.82) is 0 Å². The van der Waals surface area contributed by atoms with Crippen molar-refractivity contribution in [2.24, 2.45) is 0 Å². The van der Waals surface area contributed by atoms with Gasteiger partial charge >= 0.3 is 0 Å². The van der Waals surface area contributed by atoms with E-state index in [0.717, 1.165) is 29.9 Å². The average Bonchev–Trinajstić information content (AvgIpc) is 2.76. The van der Waals surface area contributed by atoms with Gasteiger partial charge in [0.05, 0.1) is 6.10 Å². The lowest BCUT2D eigenvalue weighted by atomic mass is 10.2. The van der Waals surface area contributed by atoms with Gasteiger partial charge in [0.1, 0.15) is 0 Å². The summed E-state index contributed by atoms with van der Waals surface area (Å²) in [4.78, 5) is 2.29. The number of nitrogens with zero attached hydrogens (tertiary/aromatic N) is 1. The Hall–Kier alpha value is -0.580. The number of anilines is 1. The Bertz CT molecular complexity index is 378. The standard InChI is InChI=1S/C13H19BrN2O/c1-16(9-12-3-2-6-17-12)8-10-7-11(15)4-5-13(10)14/h4-5,7,12H,2-3,6,8-9,15H2,1H3. The first kappa shape index (κ1) is 12.9. The number of halogens is 1. The van der Waals surface area contributed by atoms with Gasteiger partial charge in [-0.25, -0.2) is 0 Å². The number of ether oxygens (including phenoxy) is 1. The number of hydrogen-bond acceptors (Lipinski definition) is 3. The molecule has 1 atom stereocenters.